The van der Waals surface area contributed by atoms with Crippen molar-refractivity contribution >= 4 is 17.5 Å². The van der Waals surface area contributed by atoms with Gasteiger partial charge >= 0.3 is 0 Å². The van der Waals surface area contributed by atoms with Crippen molar-refractivity contribution in [1.82, 2.24) is 24.9 Å². The van der Waals surface area contributed by atoms with Gasteiger partial charge < -0.3 is 15.1 Å². The first-order valence-electron chi connectivity index (χ1n) is 8.56. The van der Waals surface area contributed by atoms with Crippen LogP contribution in [0, 0.1) is 0 Å². The van der Waals surface area contributed by atoms with Gasteiger partial charge in [-0.15, -0.1) is 0 Å². The van der Waals surface area contributed by atoms with Gasteiger partial charge in [0.05, 0.1) is 16.3 Å². The van der Waals surface area contributed by atoms with Crippen LogP contribution in [0.3, 0.4) is 0 Å². The highest BCUT2D eigenvalue weighted by molar-refractivity contribution is 6.34. The fraction of sp³-hybridized carbons (Fsp3) is 0.750. The van der Waals surface area contributed by atoms with E-state index in [0.717, 1.165) is 57.8 Å². The van der Waals surface area contributed by atoms with Crippen LogP contribution in [0.1, 0.15) is 41.9 Å². The fourth-order valence-electron chi connectivity index (χ4n) is 4.05. The van der Waals surface area contributed by atoms with Crippen molar-refractivity contribution in [2.24, 2.45) is 0 Å². The molecule has 2 fully saturated rings. The maximum absolute atomic E-state index is 12.8. The van der Waals surface area contributed by atoms with E-state index in [-0.39, 0.29) is 11.4 Å². The molecule has 126 valence electrons. The zero-order chi connectivity index (χ0) is 16.0. The smallest absolute Gasteiger partial charge is 0.276 e. The second kappa shape index (κ2) is 5.76. The highest BCUT2D eigenvalue weighted by Crippen LogP contribution is 2.32. The lowest BCUT2D eigenvalue weighted by molar-refractivity contribution is 0.0185. The van der Waals surface area contributed by atoms with Crippen molar-refractivity contribution in [1.29, 1.82) is 0 Å². The van der Waals surface area contributed by atoms with Crippen LogP contribution in [0.25, 0.3) is 0 Å². The number of hydrogen-bond donors (Lipinski definition) is 1. The van der Waals surface area contributed by atoms with Gasteiger partial charge in [0.1, 0.15) is 0 Å². The summed E-state index contributed by atoms with van der Waals surface area (Å²) < 4.78 is 1.92. The first-order chi connectivity index (χ1) is 11.1. The predicted octanol–water partition coefficient (Wildman–Crippen LogP) is 1.34. The lowest BCUT2D eigenvalue weighted by Gasteiger charge is -2.52. The number of piperidine rings is 1. The molecule has 1 amide bonds. The zero-order valence-electron chi connectivity index (χ0n) is 13.6. The molecule has 1 aromatic heterocycles. The molecule has 1 spiro atoms. The summed E-state index contributed by atoms with van der Waals surface area (Å²) >= 11 is 6.50. The van der Waals surface area contributed by atoms with Gasteiger partial charge in [-0.05, 0) is 32.9 Å². The van der Waals surface area contributed by atoms with E-state index in [2.05, 4.69) is 22.4 Å². The van der Waals surface area contributed by atoms with Gasteiger partial charge in [-0.2, -0.15) is 5.10 Å². The molecule has 0 aromatic carbocycles. The fourth-order valence-corrected chi connectivity index (χ4v) is 4.33. The van der Waals surface area contributed by atoms with E-state index in [0.29, 0.717) is 10.7 Å². The van der Waals surface area contributed by atoms with Gasteiger partial charge in [-0.25, -0.2) is 0 Å². The van der Waals surface area contributed by atoms with Crippen molar-refractivity contribution in [2.45, 2.75) is 44.3 Å². The van der Waals surface area contributed by atoms with E-state index in [4.69, 9.17) is 11.6 Å². The van der Waals surface area contributed by atoms with Crippen molar-refractivity contribution in [3.8, 4) is 0 Å². The average molecular weight is 338 g/mol. The van der Waals surface area contributed by atoms with E-state index >= 15 is 0 Å². The predicted molar refractivity (Wildman–Crippen MR) is 88.7 cm³/mol. The van der Waals surface area contributed by atoms with Crippen molar-refractivity contribution in [3.63, 3.8) is 0 Å². The molecule has 0 unspecified atom stereocenters. The van der Waals surface area contributed by atoms with E-state index in [9.17, 15) is 4.79 Å². The molecule has 6 nitrogen and oxygen atoms in total. The van der Waals surface area contributed by atoms with Gasteiger partial charge in [0.25, 0.3) is 5.91 Å². The summed E-state index contributed by atoms with van der Waals surface area (Å²) in [5.41, 5.74) is 1.56. The Morgan fingerprint density at radius 1 is 1.26 bits per heavy atom. The number of likely N-dealkylation sites (tertiary alicyclic amines) is 1. The topological polar surface area (TPSA) is 53.4 Å². The monoisotopic (exact) mass is 337 g/mol. The van der Waals surface area contributed by atoms with E-state index in [1.807, 2.05) is 9.58 Å². The first kappa shape index (κ1) is 15.4. The molecule has 0 bridgehead atoms. The molecular weight excluding hydrogens is 314 g/mol. The van der Waals surface area contributed by atoms with E-state index in [1.165, 1.54) is 12.8 Å². The second-order valence-corrected chi connectivity index (χ2v) is 7.63. The molecule has 0 aliphatic carbocycles. The molecule has 0 radical (unpaired) electrons. The van der Waals surface area contributed by atoms with Gasteiger partial charge in [0.2, 0.25) is 0 Å². The summed E-state index contributed by atoms with van der Waals surface area (Å²) in [5.74, 6) is -0.0174. The highest BCUT2D eigenvalue weighted by atomic mass is 35.5. The molecular formula is C16H24ClN5O. The van der Waals surface area contributed by atoms with Crippen LogP contribution in [-0.4, -0.2) is 64.3 Å². The van der Waals surface area contributed by atoms with Gasteiger partial charge in [0.15, 0.2) is 5.69 Å². The molecule has 4 rings (SSSR count). The third-order valence-electron chi connectivity index (χ3n) is 5.38. The van der Waals surface area contributed by atoms with Crippen LogP contribution >= 0.6 is 11.6 Å². The molecule has 2 saturated heterocycles. The summed E-state index contributed by atoms with van der Waals surface area (Å²) in [4.78, 5) is 16.9. The number of nitrogens with zero attached hydrogens (tertiary/aromatic N) is 4. The molecule has 3 aliphatic heterocycles. The van der Waals surface area contributed by atoms with E-state index < -0.39 is 0 Å². The largest absolute Gasteiger partial charge is 0.333 e. The number of aryl methyl sites for hydroxylation is 1. The standard InChI is InChI=1S/C16H24ClN5O/c1-20-7-4-8-22-12(9-20)13(17)14(19-22)15(23)21-10-16(11-21)5-2-3-6-18-16/h18H,2-11H2,1H3. The molecule has 23 heavy (non-hydrogen) atoms. The number of carbonyl (C=O) groups is 1. The Kier molecular flexibility index (Phi) is 3.86. The normalized spacial score (nSPS) is 24.2. The molecule has 7 heteroatoms. The van der Waals surface area contributed by atoms with Crippen LogP contribution < -0.4 is 5.32 Å². The number of aromatic nitrogens is 2. The summed E-state index contributed by atoms with van der Waals surface area (Å²) in [5, 5.41) is 8.66. The van der Waals surface area contributed by atoms with Crippen LogP contribution in [0.5, 0.6) is 0 Å². The second-order valence-electron chi connectivity index (χ2n) is 7.25. The third-order valence-corrected chi connectivity index (χ3v) is 5.78. The first-order valence-corrected chi connectivity index (χ1v) is 8.94. The molecule has 1 N–H and O–H groups in total. The molecule has 4 heterocycles. The number of nitrogens with one attached hydrogen (secondary N) is 1. The van der Waals surface area contributed by atoms with Crippen molar-refractivity contribution in [2.75, 3.05) is 33.2 Å². The Bertz CT molecular complexity index is 614. The summed E-state index contributed by atoms with van der Waals surface area (Å²) in [6.07, 6.45) is 4.69. The maximum Gasteiger partial charge on any atom is 0.276 e. The summed E-state index contributed by atoms with van der Waals surface area (Å²) in [6, 6.07) is 0. The highest BCUT2D eigenvalue weighted by Gasteiger charge is 2.46. The lowest BCUT2D eigenvalue weighted by atomic mass is 9.81. The van der Waals surface area contributed by atoms with Crippen LogP contribution in [0.15, 0.2) is 0 Å². The number of amides is 1. The molecule has 1 aromatic rings. The van der Waals surface area contributed by atoms with Gasteiger partial charge in [-0.3, -0.25) is 9.48 Å². The molecule has 0 atom stereocenters. The Hall–Kier alpha value is -1.11. The number of rotatable bonds is 1. The van der Waals surface area contributed by atoms with Gasteiger partial charge in [0, 0.05) is 32.7 Å². The number of halogens is 1. The Morgan fingerprint density at radius 2 is 2.09 bits per heavy atom. The average Bonchev–Trinajstić information content (AvgIpc) is 2.70. The van der Waals surface area contributed by atoms with Crippen molar-refractivity contribution in [3.05, 3.63) is 16.4 Å². The Balaban J connectivity index is 1.51. The minimum Gasteiger partial charge on any atom is -0.333 e. The molecule has 0 saturated carbocycles. The zero-order valence-corrected chi connectivity index (χ0v) is 14.4. The van der Waals surface area contributed by atoms with Crippen LogP contribution in [0.2, 0.25) is 5.02 Å². The summed E-state index contributed by atoms with van der Waals surface area (Å²) in [7, 11) is 2.08. The lowest BCUT2D eigenvalue weighted by Crippen LogP contribution is -2.71. The Labute approximate surface area is 141 Å². The summed E-state index contributed by atoms with van der Waals surface area (Å²) in [6.45, 7) is 5.24. The minimum absolute atomic E-state index is 0.0174. The number of carbonyl (C=O) groups excluding carboxylic acids is 1. The SMILES string of the molecule is CN1CCCn2nc(C(=O)N3CC4(CCCCN4)C3)c(Cl)c2C1. The quantitative estimate of drug-likeness (QED) is 0.840. The molecule has 3 aliphatic rings. The van der Waals surface area contributed by atoms with E-state index in [1.54, 1.807) is 0 Å². The number of fused-ring (bicyclic) bond motifs is 1. The maximum atomic E-state index is 12.8. The van der Waals surface area contributed by atoms with Crippen LogP contribution in [0.4, 0.5) is 0 Å². The van der Waals surface area contributed by atoms with Crippen LogP contribution in [-0.2, 0) is 13.1 Å². The van der Waals surface area contributed by atoms with Gasteiger partial charge in [-0.1, -0.05) is 18.0 Å². The third kappa shape index (κ3) is 2.66. The Morgan fingerprint density at radius 3 is 2.83 bits per heavy atom. The number of hydrogen-bond acceptors (Lipinski definition) is 4. The van der Waals surface area contributed by atoms with Crippen molar-refractivity contribution < 1.29 is 4.79 Å². The minimum atomic E-state index is -0.0174.